The molecule has 0 saturated carbocycles. The van der Waals surface area contributed by atoms with Gasteiger partial charge in [0.25, 0.3) is 0 Å². The molecule has 1 aromatic carbocycles. The van der Waals surface area contributed by atoms with Gasteiger partial charge in [0.05, 0.1) is 6.61 Å². The Hall–Kier alpha value is -0.290. The Labute approximate surface area is 108 Å². The predicted octanol–water partition coefficient (Wildman–Crippen LogP) is 4.21. The molecule has 0 aromatic heterocycles. The fourth-order valence-corrected chi connectivity index (χ4v) is 1.84. The van der Waals surface area contributed by atoms with E-state index in [1.54, 1.807) is 0 Å². The first-order chi connectivity index (χ1) is 7.65. The van der Waals surface area contributed by atoms with Crippen LogP contribution in [0.15, 0.2) is 16.6 Å². The Morgan fingerprint density at radius 1 is 1.19 bits per heavy atom. The average molecular weight is 311 g/mol. The van der Waals surface area contributed by atoms with Gasteiger partial charge >= 0.3 is 0 Å². The van der Waals surface area contributed by atoms with Crippen LogP contribution in [0.1, 0.15) is 19.3 Å². The molecule has 16 heavy (non-hydrogen) atoms. The zero-order valence-electron chi connectivity index (χ0n) is 8.68. The summed E-state index contributed by atoms with van der Waals surface area (Å²) in [6.07, 6.45) is 2.79. The molecule has 0 spiro atoms. The van der Waals surface area contributed by atoms with E-state index in [1.807, 2.05) is 0 Å². The Balaban J connectivity index is 2.47. The van der Waals surface area contributed by atoms with Gasteiger partial charge < -0.3 is 4.74 Å². The van der Waals surface area contributed by atoms with Crippen LogP contribution in [0.25, 0.3) is 0 Å². The second-order valence-corrected chi connectivity index (χ2v) is 4.70. The molecule has 0 heterocycles. The molecule has 0 saturated heterocycles. The minimum absolute atomic E-state index is 0.0438. The van der Waals surface area contributed by atoms with E-state index in [9.17, 15) is 8.78 Å². The first-order valence-corrected chi connectivity index (χ1v) is 6.46. The van der Waals surface area contributed by atoms with Gasteiger partial charge in [-0.2, -0.15) is 17.0 Å². The first kappa shape index (κ1) is 13.8. The number of hydrogen-bond donors (Lipinski definition) is 1. The van der Waals surface area contributed by atoms with Gasteiger partial charge in [-0.3, -0.25) is 0 Å². The number of thiol groups is 1. The van der Waals surface area contributed by atoms with Crippen molar-refractivity contribution in [1.82, 2.24) is 0 Å². The van der Waals surface area contributed by atoms with Crippen LogP contribution < -0.4 is 4.74 Å². The van der Waals surface area contributed by atoms with Crippen molar-refractivity contribution >= 4 is 28.6 Å². The van der Waals surface area contributed by atoms with Crippen LogP contribution in [0.5, 0.6) is 5.75 Å². The number of halogens is 3. The third kappa shape index (κ3) is 4.29. The molecule has 1 aromatic rings. The Bertz CT molecular complexity index is 347. The fourth-order valence-electron chi connectivity index (χ4n) is 1.21. The highest BCUT2D eigenvalue weighted by Gasteiger charge is 2.10. The third-order valence-electron chi connectivity index (χ3n) is 2.02. The highest BCUT2D eigenvalue weighted by Crippen LogP contribution is 2.25. The summed E-state index contributed by atoms with van der Waals surface area (Å²) in [7, 11) is 0. The van der Waals surface area contributed by atoms with Crippen molar-refractivity contribution < 1.29 is 13.5 Å². The van der Waals surface area contributed by atoms with Crippen LogP contribution in [-0.2, 0) is 0 Å². The van der Waals surface area contributed by atoms with Crippen LogP contribution in [0.3, 0.4) is 0 Å². The minimum Gasteiger partial charge on any atom is -0.490 e. The van der Waals surface area contributed by atoms with Crippen molar-refractivity contribution in [2.24, 2.45) is 0 Å². The summed E-state index contributed by atoms with van der Waals surface area (Å²) in [6, 6.07) is 2.50. The summed E-state index contributed by atoms with van der Waals surface area (Å²) < 4.78 is 31.8. The van der Waals surface area contributed by atoms with Crippen LogP contribution in [0, 0.1) is 11.6 Å². The minimum atomic E-state index is -0.933. The smallest absolute Gasteiger partial charge is 0.200 e. The summed E-state index contributed by atoms with van der Waals surface area (Å²) in [5, 5.41) is 0. The molecule has 1 rings (SSSR count). The van der Waals surface area contributed by atoms with Gasteiger partial charge in [-0.15, -0.1) is 0 Å². The van der Waals surface area contributed by atoms with Gasteiger partial charge in [0, 0.05) is 4.47 Å². The van der Waals surface area contributed by atoms with E-state index in [0.29, 0.717) is 11.1 Å². The second-order valence-electron chi connectivity index (χ2n) is 3.33. The van der Waals surface area contributed by atoms with E-state index in [2.05, 4.69) is 28.6 Å². The van der Waals surface area contributed by atoms with E-state index in [-0.39, 0.29) is 5.75 Å². The molecule has 0 unspecified atom stereocenters. The van der Waals surface area contributed by atoms with Crippen molar-refractivity contribution in [2.45, 2.75) is 19.3 Å². The van der Waals surface area contributed by atoms with Crippen molar-refractivity contribution in [1.29, 1.82) is 0 Å². The van der Waals surface area contributed by atoms with Gasteiger partial charge in [-0.25, -0.2) is 4.39 Å². The Morgan fingerprint density at radius 3 is 2.62 bits per heavy atom. The molecule has 0 radical (unpaired) electrons. The maximum absolute atomic E-state index is 13.2. The number of hydrogen-bond acceptors (Lipinski definition) is 2. The highest BCUT2D eigenvalue weighted by molar-refractivity contribution is 9.10. The standard InChI is InChI=1S/C11H13BrF2OS/c12-8-6-9(13)11(14)10(7-8)15-4-2-1-3-5-16/h6-7,16H,1-5H2. The summed E-state index contributed by atoms with van der Waals surface area (Å²) in [6.45, 7) is 0.389. The summed E-state index contributed by atoms with van der Waals surface area (Å²) in [5.41, 5.74) is 0. The largest absolute Gasteiger partial charge is 0.490 e. The molecule has 0 N–H and O–H groups in total. The maximum Gasteiger partial charge on any atom is 0.200 e. The summed E-state index contributed by atoms with van der Waals surface area (Å²) in [4.78, 5) is 0. The fraction of sp³-hybridized carbons (Fsp3) is 0.455. The molecule has 5 heteroatoms. The van der Waals surface area contributed by atoms with E-state index < -0.39 is 11.6 Å². The Morgan fingerprint density at radius 2 is 1.94 bits per heavy atom. The van der Waals surface area contributed by atoms with Crippen molar-refractivity contribution in [2.75, 3.05) is 12.4 Å². The molecular weight excluding hydrogens is 298 g/mol. The van der Waals surface area contributed by atoms with E-state index in [1.165, 1.54) is 6.07 Å². The predicted molar refractivity (Wildman–Crippen MR) is 67.3 cm³/mol. The summed E-state index contributed by atoms with van der Waals surface area (Å²) in [5.74, 6) is -1.05. The van der Waals surface area contributed by atoms with Crippen molar-refractivity contribution in [3.05, 3.63) is 28.2 Å². The van der Waals surface area contributed by atoms with Crippen molar-refractivity contribution in [3.8, 4) is 5.75 Å². The van der Waals surface area contributed by atoms with Crippen LogP contribution in [0.2, 0.25) is 0 Å². The van der Waals surface area contributed by atoms with Gasteiger partial charge in [-0.05, 0) is 37.1 Å². The van der Waals surface area contributed by atoms with E-state index >= 15 is 0 Å². The molecule has 0 atom stereocenters. The lowest BCUT2D eigenvalue weighted by Crippen LogP contribution is -2.01. The number of rotatable bonds is 6. The average Bonchev–Trinajstić information content (AvgIpc) is 2.24. The Kier molecular flexibility index (Phi) is 6.13. The van der Waals surface area contributed by atoms with Gasteiger partial charge in [0.1, 0.15) is 0 Å². The quantitative estimate of drug-likeness (QED) is 0.470. The molecule has 0 bridgehead atoms. The van der Waals surface area contributed by atoms with Crippen LogP contribution in [0.4, 0.5) is 8.78 Å². The lowest BCUT2D eigenvalue weighted by molar-refractivity contribution is 0.286. The summed E-state index contributed by atoms with van der Waals surface area (Å²) >= 11 is 7.16. The molecule has 0 aliphatic rings. The topological polar surface area (TPSA) is 9.23 Å². The van der Waals surface area contributed by atoms with Crippen LogP contribution in [-0.4, -0.2) is 12.4 Å². The van der Waals surface area contributed by atoms with E-state index in [0.717, 1.165) is 31.1 Å². The van der Waals surface area contributed by atoms with Gasteiger partial charge in [0.15, 0.2) is 11.6 Å². The lowest BCUT2D eigenvalue weighted by atomic mass is 10.2. The second kappa shape index (κ2) is 7.12. The molecule has 0 aliphatic carbocycles. The lowest BCUT2D eigenvalue weighted by Gasteiger charge is -2.07. The normalized spacial score (nSPS) is 10.5. The monoisotopic (exact) mass is 310 g/mol. The number of unbranched alkanes of at least 4 members (excludes halogenated alkanes) is 2. The van der Waals surface area contributed by atoms with E-state index in [4.69, 9.17) is 4.74 Å². The SMILES string of the molecule is Fc1cc(Br)cc(OCCCCCS)c1F. The molecule has 0 amide bonds. The van der Waals surface area contributed by atoms with Crippen molar-refractivity contribution in [3.63, 3.8) is 0 Å². The molecule has 0 fully saturated rings. The molecule has 0 aliphatic heterocycles. The third-order valence-corrected chi connectivity index (χ3v) is 2.79. The zero-order valence-corrected chi connectivity index (χ0v) is 11.2. The van der Waals surface area contributed by atoms with Crippen LogP contribution >= 0.6 is 28.6 Å². The highest BCUT2D eigenvalue weighted by atomic mass is 79.9. The van der Waals surface area contributed by atoms with Gasteiger partial charge in [-0.1, -0.05) is 15.9 Å². The zero-order chi connectivity index (χ0) is 12.0. The molecule has 90 valence electrons. The maximum atomic E-state index is 13.2. The first-order valence-electron chi connectivity index (χ1n) is 5.03. The van der Waals surface area contributed by atoms with Gasteiger partial charge in [0.2, 0.25) is 5.82 Å². The number of ether oxygens (including phenoxy) is 1. The number of benzene rings is 1. The molecular formula is C11H13BrF2OS. The molecule has 1 nitrogen and oxygen atoms in total.